The van der Waals surface area contributed by atoms with Crippen LogP contribution in [0.4, 0.5) is 0 Å². The fraction of sp³-hybridized carbons (Fsp3) is 0.750. The highest BCUT2D eigenvalue weighted by Crippen LogP contribution is 2.53. The molecule has 0 amide bonds. The van der Waals surface area contributed by atoms with Gasteiger partial charge in [-0.2, -0.15) is 0 Å². The molecule has 0 radical (unpaired) electrons. The molecule has 0 bridgehead atoms. The molecule has 0 aromatic heterocycles. The Balaban J connectivity index is 4.69. The van der Waals surface area contributed by atoms with Gasteiger partial charge in [-0.15, -0.1) is 88.6 Å². The zero-order valence-electron chi connectivity index (χ0n) is 23.2. The maximum Gasteiger partial charge on any atom is 0.255 e. The number of hydrogen-bond donors (Lipinski definition) is 0. The van der Waals surface area contributed by atoms with Gasteiger partial charge in [0.2, 0.25) is 0 Å². The van der Waals surface area contributed by atoms with Crippen LogP contribution in [-0.2, 0) is 12.8 Å². The molecule has 0 aliphatic carbocycles. The van der Waals surface area contributed by atoms with Gasteiger partial charge in [0.1, 0.15) is 0 Å². The number of benzene rings is 1. The Morgan fingerprint density at radius 1 is 0.444 bits per heavy atom. The van der Waals surface area contributed by atoms with Crippen molar-refractivity contribution in [2.24, 2.45) is 0 Å². The molecule has 0 fully saturated rings. The SMILES string of the molecule is CCCc1c(CCC)c(C(C)[Si](C)(Cl)Cl)c(C(C)[Si](C)(Cl)Cl)c(C(C)[Si](C)(Cl)Cl)c1C(C)[Si](C)(Cl)Cl. The Hall–Kier alpha value is 2.41. The summed E-state index contributed by atoms with van der Waals surface area (Å²) in [5.74, 6) is 0. The molecule has 0 N–H and O–H groups in total. The molecule has 1 aromatic rings. The van der Waals surface area contributed by atoms with Crippen molar-refractivity contribution in [2.75, 3.05) is 0 Å². The van der Waals surface area contributed by atoms with Gasteiger partial charge in [0.15, 0.2) is 0 Å². The molecule has 1 rings (SSSR count). The van der Waals surface area contributed by atoms with E-state index in [9.17, 15) is 0 Å². The van der Waals surface area contributed by atoms with E-state index in [2.05, 4.69) is 41.5 Å². The van der Waals surface area contributed by atoms with Crippen LogP contribution >= 0.6 is 88.6 Å². The molecule has 12 heteroatoms. The molecule has 0 saturated carbocycles. The molecular weight excluding hydrogens is 684 g/mol. The Kier molecular flexibility index (Phi) is 13.8. The van der Waals surface area contributed by atoms with Crippen molar-refractivity contribution in [1.29, 1.82) is 0 Å². The monoisotopic (exact) mass is 722 g/mol. The maximum atomic E-state index is 7.00. The summed E-state index contributed by atoms with van der Waals surface area (Å²) in [5.41, 5.74) is 7.08. The van der Waals surface area contributed by atoms with Crippen LogP contribution in [0.3, 0.4) is 0 Å². The first-order valence-electron chi connectivity index (χ1n) is 12.8. The minimum absolute atomic E-state index is 0.0374. The number of hydrogen-bond acceptors (Lipinski definition) is 0. The lowest BCUT2D eigenvalue weighted by Crippen LogP contribution is -2.36. The lowest BCUT2D eigenvalue weighted by molar-refractivity contribution is 0.783. The lowest BCUT2D eigenvalue weighted by Gasteiger charge is -2.40. The molecule has 0 saturated heterocycles. The summed E-state index contributed by atoms with van der Waals surface area (Å²) in [4.78, 5) is 0. The molecule has 4 atom stereocenters. The first kappa shape index (κ1) is 36.4. The molecule has 4 unspecified atom stereocenters. The van der Waals surface area contributed by atoms with Gasteiger partial charge in [0.25, 0.3) is 26.8 Å². The predicted molar refractivity (Wildman–Crippen MR) is 181 cm³/mol. The van der Waals surface area contributed by atoms with Crippen molar-refractivity contribution in [3.63, 3.8) is 0 Å². The van der Waals surface area contributed by atoms with Crippen LogP contribution in [0.25, 0.3) is 0 Å². The molecule has 0 spiro atoms. The third kappa shape index (κ3) is 8.71. The van der Waals surface area contributed by atoms with Crippen molar-refractivity contribution < 1.29 is 0 Å². The Morgan fingerprint density at radius 2 is 0.639 bits per heavy atom. The predicted octanol–water partition coefficient (Wildman–Crippen LogP) is 12.4. The summed E-state index contributed by atoms with van der Waals surface area (Å²) in [5, 5.41) is 0. The van der Waals surface area contributed by atoms with E-state index in [1.165, 1.54) is 22.3 Å². The van der Waals surface area contributed by atoms with Gasteiger partial charge in [-0.1, -0.05) is 54.4 Å². The Labute approximate surface area is 262 Å². The quantitative estimate of drug-likeness (QED) is 0.149. The highest BCUT2D eigenvalue weighted by atomic mass is 35.7. The largest absolute Gasteiger partial charge is 0.255 e. The maximum absolute atomic E-state index is 7.00. The second kappa shape index (κ2) is 13.6. The van der Waals surface area contributed by atoms with E-state index in [4.69, 9.17) is 88.6 Å². The van der Waals surface area contributed by atoms with E-state index in [-0.39, 0.29) is 22.2 Å². The third-order valence-corrected chi connectivity index (χ3v) is 22.8. The van der Waals surface area contributed by atoms with Crippen molar-refractivity contribution in [3.8, 4) is 0 Å². The first-order valence-corrected chi connectivity index (χ1v) is 31.2. The average Bonchev–Trinajstić information content (AvgIpc) is 2.69. The van der Waals surface area contributed by atoms with Gasteiger partial charge >= 0.3 is 0 Å². The van der Waals surface area contributed by atoms with Crippen molar-refractivity contribution in [2.45, 2.75) is 116 Å². The summed E-state index contributed by atoms with van der Waals surface area (Å²) in [6.07, 6.45) is 3.79. The fourth-order valence-corrected chi connectivity index (χ4v) is 10.9. The molecule has 0 heterocycles. The zero-order valence-corrected chi connectivity index (χ0v) is 33.2. The second-order valence-corrected chi connectivity index (χ2v) is 43.1. The molecule has 1 aromatic carbocycles. The second-order valence-electron chi connectivity index (χ2n) is 10.8. The molecule has 0 aliphatic heterocycles. The van der Waals surface area contributed by atoms with Gasteiger partial charge in [0.05, 0.1) is 0 Å². The van der Waals surface area contributed by atoms with Gasteiger partial charge in [-0.25, -0.2) is 0 Å². The van der Waals surface area contributed by atoms with E-state index in [1.807, 2.05) is 26.2 Å². The van der Waals surface area contributed by atoms with E-state index < -0.39 is 26.8 Å². The first-order chi connectivity index (χ1) is 16.0. The minimum Gasteiger partial charge on any atom is -0.145 e. The minimum atomic E-state index is -2.71. The van der Waals surface area contributed by atoms with Crippen LogP contribution in [0, 0.1) is 0 Å². The molecule has 210 valence electrons. The normalized spacial score (nSPS) is 17.2. The van der Waals surface area contributed by atoms with Crippen molar-refractivity contribution in [1.82, 2.24) is 0 Å². The highest BCUT2D eigenvalue weighted by molar-refractivity contribution is 7.46. The average molecular weight is 727 g/mol. The van der Waals surface area contributed by atoms with Gasteiger partial charge < -0.3 is 0 Å². The van der Waals surface area contributed by atoms with E-state index in [0.717, 1.165) is 36.8 Å². The van der Waals surface area contributed by atoms with Crippen molar-refractivity contribution in [3.05, 3.63) is 33.4 Å². The summed E-state index contributed by atoms with van der Waals surface area (Å²) in [6.45, 7) is 10.2. The molecule has 36 heavy (non-hydrogen) atoms. The molecular formula is C24H42Cl8Si4. The lowest BCUT2D eigenvalue weighted by atomic mass is 9.79. The van der Waals surface area contributed by atoms with Crippen LogP contribution in [0.15, 0.2) is 0 Å². The van der Waals surface area contributed by atoms with Crippen LogP contribution in [-0.4, -0.2) is 26.8 Å². The van der Waals surface area contributed by atoms with E-state index >= 15 is 0 Å². The molecule has 0 nitrogen and oxygen atoms in total. The summed E-state index contributed by atoms with van der Waals surface area (Å²) < 4.78 is 0. The number of rotatable bonds is 12. The van der Waals surface area contributed by atoms with E-state index in [1.54, 1.807) is 0 Å². The standard InChI is InChI=1S/C24H42Cl8Si4/c1-11-13-19-20(14-12-2)22(16(4)34(8,27)28)24(18(6)36(10,31)32)23(17(5)35(9,29)30)21(19)15(3)33(7,25)26/h15-18H,11-14H2,1-10H3. The summed E-state index contributed by atoms with van der Waals surface area (Å²) in [6, 6.07) is 0. The molecule has 0 aliphatic rings. The van der Waals surface area contributed by atoms with Crippen LogP contribution in [0.2, 0.25) is 26.2 Å². The number of halogens is 8. The topological polar surface area (TPSA) is 0 Å². The van der Waals surface area contributed by atoms with Gasteiger partial charge in [0, 0.05) is 22.2 Å². The highest BCUT2D eigenvalue weighted by Gasteiger charge is 2.46. The third-order valence-electron chi connectivity index (χ3n) is 7.66. The summed E-state index contributed by atoms with van der Waals surface area (Å²) >= 11 is 55.9. The smallest absolute Gasteiger partial charge is 0.145 e. The van der Waals surface area contributed by atoms with Crippen LogP contribution in [0.5, 0.6) is 0 Å². The summed E-state index contributed by atoms with van der Waals surface area (Å²) in [7, 11) is 0. The van der Waals surface area contributed by atoms with Gasteiger partial charge in [-0.3, -0.25) is 0 Å². The van der Waals surface area contributed by atoms with Crippen LogP contribution in [0.1, 0.15) is 110 Å². The fourth-order valence-electron chi connectivity index (χ4n) is 4.95. The Bertz CT molecular complexity index is 825. The zero-order chi connectivity index (χ0) is 28.6. The van der Waals surface area contributed by atoms with E-state index in [0.29, 0.717) is 0 Å². The van der Waals surface area contributed by atoms with Crippen molar-refractivity contribution >= 4 is 115 Å². The Morgan fingerprint density at radius 3 is 0.806 bits per heavy atom. The van der Waals surface area contributed by atoms with Gasteiger partial charge in [-0.05, 0) is 72.4 Å². The van der Waals surface area contributed by atoms with Crippen LogP contribution < -0.4 is 0 Å².